The molecule has 1 aromatic carbocycles. The molecule has 0 spiro atoms. The summed E-state index contributed by atoms with van der Waals surface area (Å²) in [7, 11) is 0. The Morgan fingerprint density at radius 3 is 2.44 bits per heavy atom. The molecule has 2 rings (SSSR count). The Labute approximate surface area is 117 Å². The van der Waals surface area contributed by atoms with E-state index in [9.17, 15) is 0 Å². The maximum atomic E-state index is 5.92. The van der Waals surface area contributed by atoms with E-state index >= 15 is 0 Å². The van der Waals surface area contributed by atoms with E-state index in [0.29, 0.717) is 5.92 Å². The highest BCUT2D eigenvalue weighted by molar-refractivity contribution is 7.98. The zero-order chi connectivity index (χ0) is 13.1. The topological polar surface area (TPSA) is 38.9 Å². The van der Waals surface area contributed by atoms with Gasteiger partial charge in [0.15, 0.2) is 0 Å². The van der Waals surface area contributed by atoms with Crippen LogP contribution in [0.5, 0.6) is 0 Å². The number of rotatable bonds is 4. The molecule has 2 N–H and O–H groups in total. The van der Waals surface area contributed by atoms with Crippen LogP contribution in [0, 0.1) is 0 Å². The van der Waals surface area contributed by atoms with Crippen molar-refractivity contribution in [1.82, 2.24) is 4.98 Å². The fourth-order valence-corrected chi connectivity index (χ4v) is 2.97. The molecule has 0 fully saturated rings. The number of hydrogen-bond acceptors (Lipinski definition) is 4. The van der Waals surface area contributed by atoms with Crippen molar-refractivity contribution in [2.45, 2.75) is 30.7 Å². The van der Waals surface area contributed by atoms with E-state index in [1.165, 1.54) is 10.5 Å². The molecule has 0 bridgehead atoms. The first-order valence-corrected chi connectivity index (χ1v) is 8.07. The molecule has 0 amide bonds. The van der Waals surface area contributed by atoms with Gasteiger partial charge in [0.05, 0.1) is 5.69 Å². The van der Waals surface area contributed by atoms with Crippen molar-refractivity contribution in [3.8, 4) is 10.6 Å². The summed E-state index contributed by atoms with van der Waals surface area (Å²) in [5.41, 5.74) is 8.19. The van der Waals surface area contributed by atoms with Gasteiger partial charge in [-0.1, -0.05) is 19.1 Å². The zero-order valence-electron chi connectivity index (χ0n) is 10.9. The third-order valence-electron chi connectivity index (χ3n) is 3.11. The van der Waals surface area contributed by atoms with E-state index < -0.39 is 0 Å². The van der Waals surface area contributed by atoms with Gasteiger partial charge in [-0.25, -0.2) is 4.98 Å². The first-order chi connectivity index (χ1) is 8.61. The molecular formula is C14H18N2S2. The Morgan fingerprint density at radius 1 is 1.22 bits per heavy atom. The molecule has 2 nitrogen and oxygen atoms in total. The summed E-state index contributed by atoms with van der Waals surface area (Å²) < 4.78 is 0. The predicted molar refractivity (Wildman–Crippen MR) is 81.4 cm³/mol. The van der Waals surface area contributed by atoms with Gasteiger partial charge in [-0.2, -0.15) is 0 Å². The van der Waals surface area contributed by atoms with Crippen LogP contribution >= 0.6 is 23.1 Å². The van der Waals surface area contributed by atoms with Crippen molar-refractivity contribution in [2.24, 2.45) is 5.73 Å². The van der Waals surface area contributed by atoms with Crippen molar-refractivity contribution in [3.63, 3.8) is 0 Å². The molecule has 2 unspecified atom stereocenters. The molecule has 0 radical (unpaired) electrons. The van der Waals surface area contributed by atoms with Gasteiger partial charge in [-0.3, -0.25) is 0 Å². The van der Waals surface area contributed by atoms with Crippen LogP contribution in [0.4, 0.5) is 0 Å². The highest BCUT2D eigenvalue weighted by Gasteiger charge is 2.14. The Balaban J connectivity index is 2.23. The lowest BCUT2D eigenvalue weighted by atomic mass is 10.0. The second-order valence-corrected chi connectivity index (χ2v) is 6.19. The molecule has 96 valence electrons. The summed E-state index contributed by atoms with van der Waals surface area (Å²) in [6.45, 7) is 4.15. The van der Waals surface area contributed by atoms with Crippen LogP contribution < -0.4 is 5.73 Å². The van der Waals surface area contributed by atoms with E-state index in [4.69, 9.17) is 5.73 Å². The third kappa shape index (κ3) is 2.94. The molecule has 0 aliphatic heterocycles. The average molecular weight is 278 g/mol. The SMILES string of the molecule is CSc1ccc(-c2nc(C(C)C(C)N)cs2)cc1. The first-order valence-electron chi connectivity index (χ1n) is 5.97. The minimum absolute atomic E-state index is 0.138. The number of aromatic nitrogens is 1. The first kappa shape index (κ1) is 13.6. The second-order valence-electron chi connectivity index (χ2n) is 4.45. The fourth-order valence-electron chi connectivity index (χ4n) is 1.63. The van der Waals surface area contributed by atoms with Gasteiger partial charge in [0.25, 0.3) is 0 Å². The van der Waals surface area contributed by atoms with Crippen LogP contribution in [0.25, 0.3) is 10.6 Å². The molecule has 2 atom stereocenters. The summed E-state index contributed by atoms with van der Waals surface area (Å²) in [5.74, 6) is 0.306. The average Bonchev–Trinajstić information content (AvgIpc) is 2.87. The molecule has 1 aromatic heterocycles. The van der Waals surface area contributed by atoms with Crippen LogP contribution in [-0.2, 0) is 0 Å². The van der Waals surface area contributed by atoms with Gasteiger partial charge in [0.1, 0.15) is 5.01 Å². The lowest BCUT2D eigenvalue weighted by Gasteiger charge is -2.12. The van der Waals surface area contributed by atoms with Crippen LogP contribution in [-0.4, -0.2) is 17.3 Å². The third-order valence-corrected chi connectivity index (χ3v) is 4.77. The predicted octanol–water partition coefficient (Wildman–Crippen LogP) is 3.98. The zero-order valence-corrected chi connectivity index (χ0v) is 12.5. The summed E-state index contributed by atoms with van der Waals surface area (Å²) >= 11 is 3.44. The molecule has 2 aromatic rings. The highest BCUT2D eigenvalue weighted by atomic mass is 32.2. The molecule has 0 aliphatic rings. The molecule has 0 saturated heterocycles. The van der Waals surface area contributed by atoms with Gasteiger partial charge in [0, 0.05) is 27.8 Å². The van der Waals surface area contributed by atoms with E-state index in [-0.39, 0.29) is 6.04 Å². The van der Waals surface area contributed by atoms with Crippen molar-refractivity contribution >= 4 is 23.1 Å². The largest absolute Gasteiger partial charge is 0.327 e. The summed E-state index contributed by atoms with van der Waals surface area (Å²) in [5, 5.41) is 3.19. The van der Waals surface area contributed by atoms with E-state index in [0.717, 1.165) is 10.7 Å². The van der Waals surface area contributed by atoms with Crippen LogP contribution in [0.15, 0.2) is 34.5 Å². The quantitative estimate of drug-likeness (QED) is 0.860. The highest BCUT2D eigenvalue weighted by Crippen LogP contribution is 2.29. The van der Waals surface area contributed by atoms with Crippen LogP contribution in [0.1, 0.15) is 25.5 Å². The van der Waals surface area contributed by atoms with E-state index in [1.807, 2.05) is 6.92 Å². The molecule has 4 heteroatoms. The Hall–Kier alpha value is -0.840. The van der Waals surface area contributed by atoms with Crippen molar-refractivity contribution < 1.29 is 0 Å². The second kappa shape index (κ2) is 5.87. The number of benzene rings is 1. The lowest BCUT2D eigenvalue weighted by molar-refractivity contribution is 0.602. The van der Waals surface area contributed by atoms with Gasteiger partial charge in [-0.15, -0.1) is 23.1 Å². The fraction of sp³-hybridized carbons (Fsp3) is 0.357. The van der Waals surface area contributed by atoms with Gasteiger partial charge < -0.3 is 5.73 Å². The summed E-state index contributed by atoms with van der Waals surface area (Å²) in [6, 6.07) is 8.67. The van der Waals surface area contributed by atoms with Gasteiger partial charge in [0.2, 0.25) is 0 Å². The van der Waals surface area contributed by atoms with Crippen molar-refractivity contribution in [2.75, 3.05) is 6.26 Å². The summed E-state index contributed by atoms with van der Waals surface area (Å²) in [6.07, 6.45) is 2.08. The Kier molecular flexibility index (Phi) is 4.43. The number of hydrogen-bond donors (Lipinski definition) is 1. The smallest absolute Gasteiger partial charge is 0.123 e. The minimum Gasteiger partial charge on any atom is -0.327 e. The molecule has 0 aliphatic carbocycles. The normalized spacial score (nSPS) is 14.4. The van der Waals surface area contributed by atoms with Gasteiger partial charge >= 0.3 is 0 Å². The van der Waals surface area contributed by atoms with Crippen LogP contribution in [0.3, 0.4) is 0 Å². The molecule has 1 heterocycles. The van der Waals surface area contributed by atoms with Crippen LogP contribution in [0.2, 0.25) is 0 Å². The number of nitrogens with zero attached hydrogens (tertiary/aromatic N) is 1. The van der Waals surface area contributed by atoms with E-state index in [2.05, 4.69) is 47.8 Å². The monoisotopic (exact) mass is 278 g/mol. The molecular weight excluding hydrogens is 260 g/mol. The Morgan fingerprint density at radius 2 is 1.89 bits per heavy atom. The maximum Gasteiger partial charge on any atom is 0.123 e. The van der Waals surface area contributed by atoms with E-state index in [1.54, 1.807) is 23.1 Å². The molecule has 0 saturated carbocycles. The van der Waals surface area contributed by atoms with Crippen molar-refractivity contribution in [1.29, 1.82) is 0 Å². The number of nitrogens with two attached hydrogens (primary N) is 1. The summed E-state index contributed by atoms with van der Waals surface area (Å²) in [4.78, 5) is 5.97. The number of thiazole rings is 1. The molecule has 18 heavy (non-hydrogen) atoms. The van der Waals surface area contributed by atoms with Gasteiger partial charge in [-0.05, 0) is 25.3 Å². The van der Waals surface area contributed by atoms with Crippen molar-refractivity contribution in [3.05, 3.63) is 35.3 Å². The minimum atomic E-state index is 0.138. The Bertz CT molecular complexity index is 503. The lowest BCUT2D eigenvalue weighted by Crippen LogP contribution is -2.22. The standard InChI is InChI=1S/C14H18N2S2/c1-9(10(2)15)13-8-18-14(16-13)11-4-6-12(17-3)7-5-11/h4-10H,15H2,1-3H3. The number of thioether (sulfide) groups is 1. The maximum absolute atomic E-state index is 5.92.